The highest BCUT2D eigenvalue weighted by Crippen LogP contribution is 2.45. The molecular formula is C19H24N2O4. The molecule has 1 aromatic carbocycles. The van der Waals surface area contributed by atoms with Crippen LogP contribution in [-0.2, 0) is 10.2 Å². The summed E-state index contributed by atoms with van der Waals surface area (Å²) in [5.41, 5.74) is 1.72. The van der Waals surface area contributed by atoms with Crippen LogP contribution in [0.5, 0.6) is 5.75 Å². The Bertz CT molecular complexity index is 737. The third kappa shape index (κ3) is 2.51. The van der Waals surface area contributed by atoms with Crippen LogP contribution in [0.3, 0.4) is 0 Å². The number of carbonyl (C=O) groups is 2. The van der Waals surface area contributed by atoms with Crippen LogP contribution >= 0.6 is 0 Å². The molecule has 0 unspecified atom stereocenters. The molecule has 1 saturated heterocycles. The molecule has 6 nitrogen and oxygen atoms in total. The number of hydrogen-bond donors (Lipinski definition) is 2. The fourth-order valence-electron chi connectivity index (χ4n) is 3.96. The van der Waals surface area contributed by atoms with Gasteiger partial charge in [0.2, 0.25) is 0 Å². The predicted molar refractivity (Wildman–Crippen MR) is 92.0 cm³/mol. The number of ether oxygens (including phenoxy) is 2. The van der Waals surface area contributed by atoms with Crippen molar-refractivity contribution in [2.24, 2.45) is 11.8 Å². The van der Waals surface area contributed by atoms with E-state index in [0.29, 0.717) is 35.3 Å². The Kier molecular flexibility index (Phi) is 3.76. The van der Waals surface area contributed by atoms with Crippen LogP contribution in [0.4, 0.5) is 0 Å². The van der Waals surface area contributed by atoms with Crippen LogP contribution < -0.4 is 15.4 Å². The second-order valence-corrected chi connectivity index (χ2v) is 7.55. The Hall–Kier alpha value is -2.08. The number of amides is 2. The fourth-order valence-corrected chi connectivity index (χ4v) is 3.96. The molecular weight excluding hydrogens is 320 g/mol. The smallest absolute Gasteiger partial charge is 0.254 e. The summed E-state index contributed by atoms with van der Waals surface area (Å²) in [4.78, 5) is 25.1. The number of hydrogen-bond acceptors (Lipinski definition) is 4. The Labute approximate surface area is 147 Å². The lowest BCUT2D eigenvalue weighted by atomic mass is 9.80. The van der Waals surface area contributed by atoms with Crippen LogP contribution in [0, 0.1) is 11.8 Å². The molecule has 1 aliphatic carbocycles. The van der Waals surface area contributed by atoms with E-state index in [1.54, 1.807) is 13.1 Å². The van der Waals surface area contributed by atoms with Crippen molar-refractivity contribution in [2.45, 2.75) is 31.7 Å². The van der Waals surface area contributed by atoms with Gasteiger partial charge in [0.15, 0.2) is 0 Å². The molecule has 0 spiro atoms. The number of carbonyl (C=O) groups excluding carboxylic acids is 2. The van der Waals surface area contributed by atoms with Crippen molar-refractivity contribution in [3.63, 3.8) is 0 Å². The van der Waals surface area contributed by atoms with Crippen molar-refractivity contribution in [3.8, 4) is 5.75 Å². The number of rotatable bonds is 4. The monoisotopic (exact) mass is 344 g/mol. The maximum Gasteiger partial charge on any atom is 0.254 e. The lowest BCUT2D eigenvalue weighted by molar-refractivity contribution is 0.0928. The normalized spacial score (nSPS) is 31.7. The summed E-state index contributed by atoms with van der Waals surface area (Å²) in [6, 6.07) is 3.73. The molecule has 4 rings (SSSR count). The summed E-state index contributed by atoms with van der Waals surface area (Å²) in [7, 11) is 1.58. The van der Waals surface area contributed by atoms with E-state index in [1.165, 1.54) is 0 Å². The zero-order chi connectivity index (χ0) is 17.8. The van der Waals surface area contributed by atoms with Gasteiger partial charge < -0.3 is 20.1 Å². The van der Waals surface area contributed by atoms with Gasteiger partial charge in [-0.2, -0.15) is 0 Å². The van der Waals surface area contributed by atoms with Crippen LogP contribution in [0.2, 0.25) is 0 Å². The van der Waals surface area contributed by atoms with Gasteiger partial charge in [-0.3, -0.25) is 9.59 Å². The van der Waals surface area contributed by atoms with E-state index in [2.05, 4.69) is 24.5 Å². The van der Waals surface area contributed by atoms with Gasteiger partial charge in [-0.25, -0.2) is 0 Å². The molecule has 4 atom stereocenters. The topological polar surface area (TPSA) is 76.7 Å². The molecule has 2 N–H and O–H groups in total. The van der Waals surface area contributed by atoms with E-state index in [-0.39, 0.29) is 23.3 Å². The third-order valence-electron chi connectivity index (χ3n) is 6.04. The van der Waals surface area contributed by atoms with Crippen LogP contribution in [0.15, 0.2) is 12.1 Å². The highest BCUT2D eigenvalue weighted by Gasteiger charge is 2.54. The SMILES string of the molecule is CC[C@@]1(C)COc2c(C(=O)NC)cc(C(=O)N[C@H]3[C@@H]4COC[C@@H]43)cc21. The molecule has 0 radical (unpaired) electrons. The lowest BCUT2D eigenvalue weighted by Gasteiger charge is -2.21. The molecule has 134 valence electrons. The van der Waals surface area contributed by atoms with E-state index < -0.39 is 0 Å². The quantitative estimate of drug-likeness (QED) is 0.867. The van der Waals surface area contributed by atoms with Gasteiger partial charge in [-0.1, -0.05) is 13.8 Å². The molecule has 25 heavy (non-hydrogen) atoms. The zero-order valence-electron chi connectivity index (χ0n) is 14.8. The van der Waals surface area contributed by atoms with Crippen molar-refractivity contribution < 1.29 is 19.1 Å². The van der Waals surface area contributed by atoms with Crippen LogP contribution in [0.1, 0.15) is 46.5 Å². The van der Waals surface area contributed by atoms with Gasteiger partial charge in [0.05, 0.1) is 25.4 Å². The molecule has 1 saturated carbocycles. The minimum Gasteiger partial charge on any atom is -0.492 e. The van der Waals surface area contributed by atoms with Crippen molar-refractivity contribution in [1.29, 1.82) is 0 Å². The van der Waals surface area contributed by atoms with Gasteiger partial charge in [0, 0.05) is 41.5 Å². The standard InChI is InChI=1S/C19H24N2O4/c1-4-19(2)9-25-16-11(18(23)20-3)5-10(6-14(16)19)17(22)21-15-12-7-24-8-13(12)15/h5-6,12-13,15H,4,7-9H2,1-3H3,(H,20,23)(H,21,22)/t12-,13+,15+,19-/m0/s1. The minimum atomic E-state index is -0.233. The summed E-state index contributed by atoms with van der Waals surface area (Å²) in [6.45, 7) is 6.18. The molecule has 0 aromatic heterocycles. The largest absolute Gasteiger partial charge is 0.492 e. The molecule has 6 heteroatoms. The van der Waals surface area contributed by atoms with Crippen molar-refractivity contribution in [3.05, 3.63) is 28.8 Å². The molecule has 2 heterocycles. The van der Waals surface area contributed by atoms with Gasteiger partial charge in [0.25, 0.3) is 11.8 Å². The Morgan fingerprint density at radius 1 is 1.24 bits per heavy atom. The van der Waals surface area contributed by atoms with Gasteiger partial charge >= 0.3 is 0 Å². The molecule has 3 aliphatic rings. The van der Waals surface area contributed by atoms with E-state index in [0.717, 1.165) is 25.2 Å². The average molecular weight is 344 g/mol. The molecule has 2 amide bonds. The summed E-state index contributed by atoms with van der Waals surface area (Å²) < 4.78 is 11.2. The van der Waals surface area contributed by atoms with Gasteiger partial charge in [-0.15, -0.1) is 0 Å². The van der Waals surface area contributed by atoms with E-state index >= 15 is 0 Å². The van der Waals surface area contributed by atoms with E-state index in [1.807, 2.05) is 6.07 Å². The summed E-state index contributed by atoms with van der Waals surface area (Å²) in [6.07, 6.45) is 0.877. The Morgan fingerprint density at radius 3 is 2.60 bits per heavy atom. The first-order valence-electron chi connectivity index (χ1n) is 8.90. The Morgan fingerprint density at radius 2 is 1.96 bits per heavy atom. The molecule has 0 bridgehead atoms. The van der Waals surface area contributed by atoms with E-state index in [4.69, 9.17) is 9.47 Å². The highest BCUT2D eigenvalue weighted by atomic mass is 16.5. The fraction of sp³-hybridized carbons (Fsp3) is 0.579. The number of fused-ring (bicyclic) bond motifs is 2. The zero-order valence-corrected chi connectivity index (χ0v) is 14.8. The van der Waals surface area contributed by atoms with Gasteiger partial charge in [0.1, 0.15) is 5.75 Å². The van der Waals surface area contributed by atoms with Crippen LogP contribution in [-0.4, -0.2) is 44.7 Å². The first-order valence-corrected chi connectivity index (χ1v) is 8.90. The van der Waals surface area contributed by atoms with Crippen LogP contribution in [0.25, 0.3) is 0 Å². The summed E-state index contributed by atoms with van der Waals surface area (Å²) in [5.74, 6) is 1.14. The second kappa shape index (κ2) is 5.73. The molecule has 2 fully saturated rings. The highest BCUT2D eigenvalue weighted by molar-refractivity contribution is 6.02. The minimum absolute atomic E-state index is 0.127. The maximum absolute atomic E-state index is 12.8. The predicted octanol–water partition coefficient (Wildman–Crippen LogP) is 1.48. The summed E-state index contributed by atoms with van der Waals surface area (Å²) in [5, 5.41) is 5.74. The van der Waals surface area contributed by atoms with E-state index in [9.17, 15) is 9.59 Å². The number of nitrogens with one attached hydrogen (secondary N) is 2. The van der Waals surface area contributed by atoms with Crippen molar-refractivity contribution >= 4 is 11.8 Å². The molecule has 1 aromatic rings. The first-order chi connectivity index (χ1) is 12.0. The average Bonchev–Trinajstić information content (AvgIpc) is 2.98. The number of benzene rings is 1. The lowest BCUT2D eigenvalue weighted by Crippen LogP contribution is -2.31. The maximum atomic E-state index is 12.8. The summed E-state index contributed by atoms with van der Waals surface area (Å²) >= 11 is 0. The van der Waals surface area contributed by atoms with Crippen molar-refractivity contribution in [2.75, 3.05) is 26.9 Å². The third-order valence-corrected chi connectivity index (χ3v) is 6.04. The van der Waals surface area contributed by atoms with Crippen molar-refractivity contribution in [1.82, 2.24) is 10.6 Å². The molecule has 2 aliphatic heterocycles. The second-order valence-electron chi connectivity index (χ2n) is 7.55. The van der Waals surface area contributed by atoms with Gasteiger partial charge in [-0.05, 0) is 18.6 Å². The first kappa shape index (κ1) is 16.4. The Balaban J connectivity index is 1.67.